The van der Waals surface area contributed by atoms with E-state index in [9.17, 15) is 30.0 Å². The molecule has 2 saturated heterocycles. The first-order valence-electron chi connectivity index (χ1n) is 12.6. The number of anilines is 2. The van der Waals surface area contributed by atoms with Crippen molar-refractivity contribution in [2.45, 2.75) is 55.4 Å². The second-order valence-corrected chi connectivity index (χ2v) is 9.72. The lowest BCUT2D eigenvalue weighted by Crippen LogP contribution is -2.52. The van der Waals surface area contributed by atoms with Gasteiger partial charge in [-0.25, -0.2) is 15.4 Å². The molecular formula is C21H28N12O8. The smallest absolute Gasteiger partial charge is 0.280 e. The van der Waals surface area contributed by atoms with E-state index < -0.39 is 66.7 Å². The van der Waals surface area contributed by atoms with E-state index in [1.54, 1.807) is 0 Å². The Kier molecular flexibility index (Phi) is 6.91. The van der Waals surface area contributed by atoms with E-state index >= 15 is 0 Å². The second kappa shape index (κ2) is 10.4. The van der Waals surface area contributed by atoms with Crippen LogP contribution in [-0.4, -0.2) is 109 Å². The summed E-state index contributed by atoms with van der Waals surface area (Å²) in [5.41, 5.74) is 16.2. The molecule has 220 valence electrons. The Balaban J connectivity index is 1.09. The van der Waals surface area contributed by atoms with Gasteiger partial charge in [-0.15, -0.1) is 0 Å². The molecule has 6 rings (SSSR count). The minimum absolute atomic E-state index is 0.00243. The van der Waals surface area contributed by atoms with Gasteiger partial charge in [0.2, 0.25) is 11.9 Å². The predicted molar refractivity (Wildman–Crippen MR) is 138 cm³/mol. The number of ether oxygens (including phenoxy) is 2. The van der Waals surface area contributed by atoms with Crippen LogP contribution in [0.15, 0.2) is 22.2 Å². The Hall–Kier alpha value is -4.02. The zero-order valence-electron chi connectivity index (χ0n) is 21.2. The van der Waals surface area contributed by atoms with Crippen molar-refractivity contribution >= 4 is 34.2 Å². The molecule has 0 unspecified atom stereocenters. The minimum atomic E-state index is -1.35. The maximum Gasteiger partial charge on any atom is 0.280 e. The summed E-state index contributed by atoms with van der Waals surface area (Å²) in [5, 5.41) is 42.1. The van der Waals surface area contributed by atoms with Crippen molar-refractivity contribution in [1.29, 1.82) is 0 Å². The van der Waals surface area contributed by atoms with E-state index in [2.05, 4.69) is 40.8 Å². The van der Waals surface area contributed by atoms with Crippen LogP contribution < -0.4 is 33.4 Å². The molecule has 20 nitrogen and oxygen atoms in total. The molecule has 41 heavy (non-hydrogen) atoms. The van der Waals surface area contributed by atoms with E-state index in [4.69, 9.17) is 20.9 Å². The molecule has 4 aromatic rings. The number of fused-ring (bicyclic) bond motifs is 2. The number of aromatic amines is 2. The van der Waals surface area contributed by atoms with E-state index in [1.165, 1.54) is 21.8 Å². The molecule has 2 fully saturated rings. The van der Waals surface area contributed by atoms with Gasteiger partial charge in [0.15, 0.2) is 34.8 Å². The Morgan fingerprint density at radius 3 is 1.95 bits per heavy atom. The minimum Gasteiger partial charge on any atom is -0.394 e. The summed E-state index contributed by atoms with van der Waals surface area (Å²) in [6, 6.07) is -0.804. The van der Waals surface area contributed by atoms with Crippen LogP contribution in [0, 0.1) is 0 Å². The fraction of sp³-hybridized carbons (Fsp3) is 0.524. The van der Waals surface area contributed by atoms with Gasteiger partial charge in [-0.2, -0.15) is 9.97 Å². The Labute approximate surface area is 227 Å². The largest absolute Gasteiger partial charge is 0.394 e. The first-order valence-corrected chi connectivity index (χ1v) is 12.6. The van der Waals surface area contributed by atoms with E-state index in [0.717, 1.165) is 0 Å². The second-order valence-electron chi connectivity index (χ2n) is 9.72. The van der Waals surface area contributed by atoms with E-state index in [0.29, 0.717) is 0 Å². The first kappa shape index (κ1) is 27.2. The average molecular weight is 577 g/mol. The molecule has 20 heteroatoms. The van der Waals surface area contributed by atoms with Crippen LogP contribution in [0.25, 0.3) is 22.3 Å². The normalized spacial score (nSPS) is 30.1. The highest BCUT2D eigenvalue weighted by atomic mass is 16.6. The maximum atomic E-state index is 12.1. The highest BCUT2D eigenvalue weighted by Gasteiger charge is 2.46. The van der Waals surface area contributed by atoms with Gasteiger partial charge >= 0.3 is 0 Å². The van der Waals surface area contributed by atoms with Crippen LogP contribution in [0.4, 0.5) is 11.9 Å². The van der Waals surface area contributed by atoms with E-state index in [-0.39, 0.29) is 47.2 Å². The fourth-order valence-corrected chi connectivity index (χ4v) is 5.17. The highest BCUT2D eigenvalue weighted by Crippen LogP contribution is 2.33. The topological polar surface area (TPSA) is 303 Å². The number of nitrogens with zero attached hydrogens (tertiary/aromatic N) is 6. The van der Waals surface area contributed by atoms with E-state index in [1.807, 2.05) is 0 Å². The van der Waals surface area contributed by atoms with Gasteiger partial charge in [0.1, 0.15) is 24.4 Å². The zero-order chi connectivity index (χ0) is 29.0. The van der Waals surface area contributed by atoms with Crippen molar-refractivity contribution in [1.82, 2.24) is 49.9 Å². The maximum absolute atomic E-state index is 12.1. The Bertz CT molecular complexity index is 1680. The molecule has 2 aliphatic heterocycles. The number of aliphatic hydroxyl groups is 4. The van der Waals surface area contributed by atoms with Crippen molar-refractivity contribution in [2.75, 3.05) is 24.6 Å². The number of H-pyrrole nitrogens is 2. The van der Waals surface area contributed by atoms with Crippen LogP contribution >= 0.6 is 0 Å². The molecule has 0 saturated carbocycles. The highest BCUT2D eigenvalue weighted by molar-refractivity contribution is 5.71. The predicted octanol–water partition coefficient (Wildman–Crippen LogP) is -4.86. The zero-order valence-corrected chi connectivity index (χ0v) is 21.2. The SMILES string of the molecule is Nc1nc2c(ncn2[C@@H]2O[C@H](CCNN[C@H]3[C@@H](O)[C@H](n4cnc5c(=O)[nH]c(N)nc54)O[C@@H]3CO)[C@@H](O)[C@H]2O)c(=O)[nH]1. The lowest BCUT2D eigenvalue weighted by atomic mass is 10.1. The number of aromatic nitrogens is 8. The van der Waals surface area contributed by atoms with Crippen LogP contribution in [0.5, 0.6) is 0 Å². The molecule has 6 heterocycles. The lowest BCUT2D eigenvalue weighted by Gasteiger charge is -2.22. The quantitative estimate of drug-likeness (QED) is 0.0694. The number of hydrogen-bond acceptors (Lipinski definition) is 16. The molecule has 0 aliphatic carbocycles. The molecule has 0 amide bonds. The number of nitrogen functional groups attached to an aromatic ring is 2. The number of rotatable bonds is 8. The molecular weight excluding hydrogens is 548 g/mol. The molecule has 0 radical (unpaired) electrons. The van der Waals surface area contributed by atoms with Crippen molar-refractivity contribution in [3.8, 4) is 0 Å². The number of hydrogen-bond donors (Lipinski definition) is 10. The van der Waals surface area contributed by atoms with Gasteiger partial charge in [0, 0.05) is 6.54 Å². The molecule has 0 spiro atoms. The monoisotopic (exact) mass is 576 g/mol. The molecule has 4 aromatic heterocycles. The van der Waals surface area contributed by atoms with Crippen LogP contribution in [0.2, 0.25) is 0 Å². The third-order valence-electron chi connectivity index (χ3n) is 7.16. The number of nitrogens with one attached hydrogen (secondary N) is 4. The number of aliphatic hydroxyl groups excluding tert-OH is 4. The number of nitrogens with two attached hydrogens (primary N) is 2. The number of hydrazine groups is 1. The molecule has 8 atom stereocenters. The van der Waals surface area contributed by atoms with Gasteiger partial charge in [0.05, 0.1) is 31.4 Å². The molecule has 0 bridgehead atoms. The van der Waals surface area contributed by atoms with Gasteiger partial charge in [-0.05, 0) is 6.42 Å². The number of imidazole rings is 2. The summed E-state index contributed by atoms with van der Waals surface area (Å²) in [6.07, 6.45) is -4.86. The van der Waals surface area contributed by atoms with Gasteiger partial charge in [-0.3, -0.25) is 34.1 Å². The van der Waals surface area contributed by atoms with Crippen LogP contribution in [0.1, 0.15) is 18.9 Å². The summed E-state index contributed by atoms with van der Waals surface area (Å²) in [7, 11) is 0. The lowest BCUT2D eigenvalue weighted by molar-refractivity contribution is -0.0490. The Morgan fingerprint density at radius 1 is 0.854 bits per heavy atom. The van der Waals surface area contributed by atoms with Crippen LogP contribution in [-0.2, 0) is 9.47 Å². The summed E-state index contributed by atoms with van der Waals surface area (Å²) in [5.74, 6) is -0.272. The van der Waals surface area contributed by atoms with Crippen molar-refractivity contribution in [2.24, 2.45) is 0 Å². The summed E-state index contributed by atoms with van der Waals surface area (Å²) in [4.78, 5) is 45.0. The molecule has 0 aromatic carbocycles. The standard InChI is InChI=1S/C21H28N12O8/c22-20-27-14-9(16(38)29-20)24-4-32(14)18-12(36)8(7(3-34)41-18)31-26-2-1-6-11(35)13(37)19(40-6)33-5-25-10-15(33)28-21(23)30-17(10)39/h4-8,11-13,18-19,26,31,34-37H,1-3H2,(H3,22,27,29,38)(H3,23,28,30,39)/t6-,7-,8-,11-,12-,13-,18-,19-/m1/s1. The van der Waals surface area contributed by atoms with Gasteiger partial charge in [0.25, 0.3) is 11.1 Å². The van der Waals surface area contributed by atoms with Crippen molar-refractivity contribution < 1.29 is 29.9 Å². The summed E-state index contributed by atoms with van der Waals surface area (Å²) in [6.45, 7) is -0.238. The van der Waals surface area contributed by atoms with Crippen molar-refractivity contribution in [3.05, 3.63) is 33.4 Å². The summed E-state index contributed by atoms with van der Waals surface area (Å²) < 4.78 is 14.4. The van der Waals surface area contributed by atoms with Crippen LogP contribution in [0.3, 0.4) is 0 Å². The third-order valence-corrected chi connectivity index (χ3v) is 7.16. The Morgan fingerprint density at radius 2 is 1.39 bits per heavy atom. The third kappa shape index (κ3) is 4.61. The fourth-order valence-electron chi connectivity index (χ4n) is 5.17. The van der Waals surface area contributed by atoms with Gasteiger partial charge in [-0.1, -0.05) is 0 Å². The van der Waals surface area contributed by atoms with Crippen molar-refractivity contribution in [3.63, 3.8) is 0 Å². The first-order chi connectivity index (χ1) is 19.7. The average Bonchev–Trinajstić information content (AvgIpc) is 3.68. The van der Waals surface area contributed by atoms with Gasteiger partial charge < -0.3 is 41.4 Å². The molecule has 12 N–H and O–H groups in total. The molecule has 2 aliphatic rings. The summed E-state index contributed by atoms with van der Waals surface area (Å²) >= 11 is 0.